The monoisotopic (exact) mass is 369 g/mol. The average Bonchev–Trinajstić information content (AvgIpc) is 3.15. The summed E-state index contributed by atoms with van der Waals surface area (Å²) in [6, 6.07) is 7.66. The summed E-state index contributed by atoms with van der Waals surface area (Å²) in [4.78, 5) is 19.2. The van der Waals surface area contributed by atoms with Gasteiger partial charge >= 0.3 is 0 Å². The molecule has 1 fully saturated rings. The molecule has 1 aliphatic rings. The van der Waals surface area contributed by atoms with Gasteiger partial charge in [-0.25, -0.2) is 15.0 Å². The highest BCUT2D eigenvalue weighted by molar-refractivity contribution is 6.30. The maximum atomic E-state index is 6.05. The summed E-state index contributed by atoms with van der Waals surface area (Å²) < 4.78 is 5.82. The first-order chi connectivity index (χ1) is 12.6. The summed E-state index contributed by atoms with van der Waals surface area (Å²) in [6.45, 7) is 5.68. The van der Waals surface area contributed by atoms with E-state index in [-0.39, 0.29) is 12.2 Å². The number of nitrogens with one attached hydrogen (secondary N) is 1. The van der Waals surface area contributed by atoms with Gasteiger partial charge in [-0.05, 0) is 26.0 Å². The van der Waals surface area contributed by atoms with E-state index in [2.05, 4.69) is 33.7 Å². The first-order valence-electron chi connectivity index (χ1n) is 8.63. The lowest BCUT2D eigenvalue weighted by molar-refractivity contribution is -0.00571. The van der Waals surface area contributed by atoms with Crippen LogP contribution in [0.1, 0.15) is 13.8 Å². The smallest absolute Gasteiger partial charge is 0.226 e. The van der Waals surface area contributed by atoms with Crippen molar-refractivity contribution in [2.75, 3.05) is 18.0 Å². The normalized spacial score (nSPS) is 20.3. The van der Waals surface area contributed by atoms with Crippen molar-refractivity contribution in [3.8, 4) is 22.6 Å². The van der Waals surface area contributed by atoms with E-state index in [1.165, 1.54) is 0 Å². The molecule has 3 heterocycles. The van der Waals surface area contributed by atoms with Gasteiger partial charge < -0.3 is 14.6 Å². The van der Waals surface area contributed by atoms with E-state index < -0.39 is 0 Å². The van der Waals surface area contributed by atoms with Gasteiger partial charge in [0.05, 0.1) is 23.5 Å². The van der Waals surface area contributed by atoms with E-state index in [1.807, 2.05) is 30.5 Å². The molecule has 0 radical (unpaired) electrons. The molecule has 0 aliphatic carbocycles. The second-order valence-electron chi connectivity index (χ2n) is 6.54. The molecule has 6 nitrogen and oxygen atoms in total. The van der Waals surface area contributed by atoms with Crippen LogP contribution in [-0.4, -0.2) is 45.2 Å². The molecule has 1 saturated heterocycles. The predicted molar refractivity (Wildman–Crippen MR) is 102 cm³/mol. The number of aromatic amines is 1. The van der Waals surface area contributed by atoms with Crippen LogP contribution < -0.4 is 4.90 Å². The maximum absolute atomic E-state index is 6.05. The number of halogens is 1. The summed E-state index contributed by atoms with van der Waals surface area (Å²) >= 11 is 6.05. The Kier molecular flexibility index (Phi) is 4.61. The number of anilines is 1. The summed E-state index contributed by atoms with van der Waals surface area (Å²) in [5, 5.41) is 0.693. The SMILES string of the molecule is C[C@@H]1CN(c2ncc(-c3ncc[nH]3)c(-c3ccc(Cl)cc3)n2)C[C@@H](C)O1. The first-order valence-corrected chi connectivity index (χ1v) is 9.01. The lowest BCUT2D eigenvalue weighted by Crippen LogP contribution is -2.46. The van der Waals surface area contributed by atoms with Crippen molar-refractivity contribution in [2.45, 2.75) is 26.1 Å². The van der Waals surface area contributed by atoms with Crippen molar-refractivity contribution in [3.63, 3.8) is 0 Å². The van der Waals surface area contributed by atoms with Crippen LogP contribution in [0.5, 0.6) is 0 Å². The van der Waals surface area contributed by atoms with Crippen molar-refractivity contribution in [1.82, 2.24) is 19.9 Å². The standard InChI is InChI=1S/C19H20ClN5O/c1-12-10-25(11-13(2)26-12)19-23-9-16(18-21-7-8-22-18)17(24-19)14-3-5-15(20)6-4-14/h3-9,12-13H,10-11H2,1-2H3,(H,21,22)/t12-,13-/m1/s1. The number of hydrogen-bond donors (Lipinski definition) is 1. The van der Waals surface area contributed by atoms with Gasteiger partial charge in [-0.3, -0.25) is 0 Å². The number of rotatable bonds is 3. The molecule has 134 valence electrons. The molecule has 2 aromatic heterocycles. The fraction of sp³-hybridized carbons (Fsp3) is 0.316. The average molecular weight is 370 g/mol. The van der Waals surface area contributed by atoms with Gasteiger partial charge in [0.25, 0.3) is 0 Å². The fourth-order valence-electron chi connectivity index (χ4n) is 3.28. The number of morpholine rings is 1. The minimum Gasteiger partial charge on any atom is -0.372 e. The number of benzene rings is 1. The van der Waals surface area contributed by atoms with Gasteiger partial charge in [0.1, 0.15) is 5.82 Å². The topological polar surface area (TPSA) is 66.9 Å². The van der Waals surface area contributed by atoms with Gasteiger partial charge in [0, 0.05) is 42.3 Å². The van der Waals surface area contributed by atoms with E-state index in [0.29, 0.717) is 11.0 Å². The lowest BCUT2D eigenvalue weighted by Gasteiger charge is -2.35. The molecule has 0 spiro atoms. The van der Waals surface area contributed by atoms with Gasteiger partial charge in [0.2, 0.25) is 5.95 Å². The minimum absolute atomic E-state index is 0.145. The van der Waals surface area contributed by atoms with E-state index in [0.717, 1.165) is 35.7 Å². The second-order valence-corrected chi connectivity index (χ2v) is 6.98. The predicted octanol–water partition coefficient (Wildman–Crippen LogP) is 3.80. The number of aromatic nitrogens is 4. The third-order valence-corrected chi connectivity index (χ3v) is 4.60. The van der Waals surface area contributed by atoms with E-state index in [4.69, 9.17) is 21.3 Å². The van der Waals surface area contributed by atoms with Crippen LogP contribution in [-0.2, 0) is 4.74 Å². The largest absolute Gasteiger partial charge is 0.372 e. The Balaban J connectivity index is 1.79. The third-order valence-electron chi connectivity index (χ3n) is 4.35. The van der Waals surface area contributed by atoms with Crippen molar-refractivity contribution < 1.29 is 4.74 Å². The molecule has 0 amide bonds. The maximum Gasteiger partial charge on any atom is 0.226 e. The summed E-state index contributed by atoms with van der Waals surface area (Å²) in [5.74, 6) is 1.44. The summed E-state index contributed by atoms with van der Waals surface area (Å²) in [5.41, 5.74) is 2.66. The van der Waals surface area contributed by atoms with Crippen LogP contribution in [0.4, 0.5) is 5.95 Å². The molecule has 1 aliphatic heterocycles. The van der Waals surface area contributed by atoms with E-state index in [9.17, 15) is 0 Å². The number of ether oxygens (including phenoxy) is 1. The number of H-pyrrole nitrogens is 1. The molecular formula is C19H20ClN5O. The molecule has 26 heavy (non-hydrogen) atoms. The van der Waals surface area contributed by atoms with Crippen LogP contribution in [0.25, 0.3) is 22.6 Å². The van der Waals surface area contributed by atoms with Crippen molar-refractivity contribution >= 4 is 17.5 Å². The van der Waals surface area contributed by atoms with E-state index in [1.54, 1.807) is 12.4 Å². The molecular weight excluding hydrogens is 350 g/mol. The van der Waals surface area contributed by atoms with Gasteiger partial charge in [-0.15, -0.1) is 0 Å². The van der Waals surface area contributed by atoms with Gasteiger partial charge in [0.15, 0.2) is 0 Å². The van der Waals surface area contributed by atoms with Crippen LogP contribution in [0, 0.1) is 0 Å². The highest BCUT2D eigenvalue weighted by atomic mass is 35.5. The molecule has 0 bridgehead atoms. The molecule has 2 atom stereocenters. The van der Waals surface area contributed by atoms with Crippen LogP contribution >= 0.6 is 11.6 Å². The number of hydrogen-bond acceptors (Lipinski definition) is 5. The molecule has 4 rings (SSSR count). The zero-order chi connectivity index (χ0) is 18.1. The second kappa shape index (κ2) is 7.05. The van der Waals surface area contributed by atoms with Crippen molar-refractivity contribution in [2.24, 2.45) is 0 Å². The first kappa shape index (κ1) is 17.0. The Morgan fingerprint density at radius 1 is 1.12 bits per heavy atom. The molecule has 0 saturated carbocycles. The highest BCUT2D eigenvalue weighted by Crippen LogP contribution is 2.31. The summed E-state index contributed by atoms with van der Waals surface area (Å²) in [6.07, 6.45) is 5.63. The minimum atomic E-state index is 0.145. The lowest BCUT2D eigenvalue weighted by atomic mass is 10.1. The Hall–Kier alpha value is -2.44. The Morgan fingerprint density at radius 3 is 2.50 bits per heavy atom. The third kappa shape index (κ3) is 3.43. The Labute approximate surface area is 157 Å². The van der Waals surface area contributed by atoms with Crippen LogP contribution in [0.3, 0.4) is 0 Å². The summed E-state index contributed by atoms with van der Waals surface area (Å²) in [7, 11) is 0. The number of imidazole rings is 1. The highest BCUT2D eigenvalue weighted by Gasteiger charge is 2.25. The molecule has 1 aromatic carbocycles. The Morgan fingerprint density at radius 2 is 1.85 bits per heavy atom. The van der Waals surface area contributed by atoms with E-state index >= 15 is 0 Å². The quantitative estimate of drug-likeness (QED) is 0.760. The van der Waals surface area contributed by atoms with Crippen molar-refractivity contribution in [3.05, 3.63) is 47.9 Å². The molecule has 3 aromatic rings. The molecule has 1 N–H and O–H groups in total. The number of nitrogens with zero attached hydrogens (tertiary/aromatic N) is 4. The zero-order valence-electron chi connectivity index (χ0n) is 14.7. The fourth-order valence-corrected chi connectivity index (χ4v) is 3.41. The molecule has 0 unspecified atom stereocenters. The van der Waals surface area contributed by atoms with Crippen molar-refractivity contribution in [1.29, 1.82) is 0 Å². The zero-order valence-corrected chi connectivity index (χ0v) is 15.4. The van der Waals surface area contributed by atoms with Gasteiger partial charge in [-0.1, -0.05) is 23.7 Å². The van der Waals surface area contributed by atoms with Gasteiger partial charge in [-0.2, -0.15) is 0 Å². The van der Waals surface area contributed by atoms with Crippen LogP contribution in [0.2, 0.25) is 5.02 Å². The Bertz CT molecular complexity index is 871. The van der Waals surface area contributed by atoms with Crippen LogP contribution in [0.15, 0.2) is 42.9 Å². The molecule has 7 heteroatoms.